The first-order chi connectivity index (χ1) is 9.10. The summed E-state index contributed by atoms with van der Waals surface area (Å²) in [6.45, 7) is 0. The van der Waals surface area contributed by atoms with Crippen LogP contribution in [0.2, 0.25) is 0 Å². The topological polar surface area (TPSA) is 38.0 Å². The molecule has 0 amide bonds. The lowest BCUT2D eigenvalue weighted by Crippen LogP contribution is -2.29. The van der Waals surface area contributed by atoms with Crippen LogP contribution in [0.1, 0.15) is 17.2 Å². The van der Waals surface area contributed by atoms with Gasteiger partial charge in [0.1, 0.15) is 5.82 Å². The Morgan fingerprint density at radius 3 is 2.53 bits per heavy atom. The fourth-order valence-corrected chi connectivity index (χ4v) is 2.66. The first-order valence-electron chi connectivity index (χ1n) is 5.75. The highest BCUT2D eigenvalue weighted by molar-refractivity contribution is 14.1. The van der Waals surface area contributed by atoms with Gasteiger partial charge in [0, 0.05) is 8.04 Å². The second kappa shape index (κ2) is 6.78. The molecule has 0 spiro atoms. The molecule has 1 unspecified atom stereocenters. The van der Waals surface area contributed by atoms with Gasteiger partial charge in [0.2, 0.25) is 0 Å². The van der Waals surface area contributed by atoms with E-state index in [1.165, 1.54) is 6.07 Å². The molecule has 0 aliphatic carbocycles. The zero-order valence-corrected chi connectivity index (χ0v) is 13.8. The minimum absolute atomic E-state index is 0.110. The quantitative estimate of drug-likeness (QED) is 0.434. The summed E-state index contributed by atoms with van der Waals surface area (Å²) in [6, 6.07) is 12.8. The Kier molecular flexibility index (Phi) is 5.32. The van der Waals surface area contributed by atoms with Crippen LogP contribution in [-0.4, -0.2) is 0 Å². The second-order valence-corrected chi connectivity index (χ2v) is 6.37. The molecule has 0 saturated carbocycles. The first-order valence-corrected chi connectivity index (χ1v) is 7.63. The Bertz CT molecular complexity index is 560. The summed E-state index contributed by atoms with van der Waals surface area (Å²) in [5.74, 6) is 5.38. The summed E-state index contributed by atoms with van der Waals surface area (Å²) in [5.41, 5.74) is 4.43. The summed E-state index contributed by atoms with van der Waals surface area (Å²) >= 11 is 5.60. The average Bonchev–Trinajstić information content (AvgIpc) is 2.41. The van der Waals surface area contributed by atoms with Crippen LogP contribution in [0, 0.1) is 9.39 Å². The van der Waals surface area contributed by atoms with Crippen LogP contribution in [0.15, 0.2) is 46.9 Å². The second-order valence-electron chi connectivity index (χ2n) is 4.21. The van der Waals surface area contributed by atoms with E-state index in [0.717, 1.165) is 13.6 Å². The monoisotopic (exact) mass is 434 g/mol. The van der Waals surface area contributed by atoms with Gasteiger partial charge in [0.25, 0.3) is 0 Å². The average molecular weight is 435 g/mol. The van der Waals surface area contributed by atoms with Crippen molar-refractivity contribution in [3.8, 4) is 0 Å². The lowest BCUT2D eigenvalue weighted by atomic mass is 9.99. The van der Waals surface area contributed by atoms with E-state index in [0.29, 0.717) is 12.0 Å². The predicted octanol–water partition coefficient (Wildman–Crippen LogP) is 3.94. The summed E-state index contributed by atoms with van der Waals surface area (Å²) in [5, 5.41) is 0. The van der Waals surface area contributed by atoms with Crippen molar-refractivity contribution in [1.29, 1.82) is 0 Å². The Morgan fingerprint density at radius 2 is 1.89 bits per heavy atom. The maximum absolute atomic E-state index is 13.8. The third-order valence-corrected chi connectivity index (χ3v) is 4.12. The van der Waals surface area contributed by atoms with Crippen LogP contribution in [0.4, 0.5) is 4.39 Å². The molecular weight excluding hydrogens is 422 g/mol. The summed E-state index contributed by atoms with van der Waals surface area (Å²) in [4.78, 5) is 0. The number of rotatable bonds is 4. The molecule has 3 N–H and O–H groups in total. The number of halogens is 3. The number of hydrogen-bond donors (Lipinski definition) is 2. The molecule has 2 aromatic carbocycles. The van der Waals surface area contributed by atoms with Crippen molar-refractivity contribution in [3.63, 3.8) is 0 Å². The van der Waals surface area contributed by atoms with Gasteiger partial charge >= 0.3 is 0 Å². The van der Waals surface area contributed by atoms with Crippen LogP contribution < -0.4 is 11.3 Å². The van der Waals surface area contributed by atoms with Crippen LogP contribution in [0.25, 0.3) is 0 Å². The van der Waals surface area contributed by atoms with E-state index >= 15 is 0 Å². The third kappa shape index (κ3) is 3.98. The Labute approximate surface area is 133 Å². The SMILES string of the molecule is NNC(Cc1cc(Br)ccc1F)c1ccc(I)cc1. The third-order valence-electron chi connectivity index (χ3n) is 2.91. The molecule has 0 saturated heterocycles. The van der Waals surface area contributed by atoms with Gasteiger partial charge in [-0.3, -0.25) is 11.3 Å². The molecule has 0 aromatic heterocycles. The normalized spacial score (nSPS) is 12.4. The smallest absolute Gasteiger partial charge is 0.126 e. The van der Waals surface area contributed by atoms with Gasteiger partial charge in [-0.2, -0.15) is 0 Å². The molecular formula is C14H13BrFIN2. The number of hydrazine groups is 1. The van der Waals surface area contributed by atoms with E-state index < -0.39 is 0 Å². The molecule has 0 aliphatic heterocycles. The predicted molar refractivity (Wildman–Crippen MR) is 87.0 cm³/mol. The number of nitrogens with two attached hydrogens (primary N) is 1. The van der Waals surface area contributed by atoms with Crippen LogP contribution in [0.5, 0.6) is 0 Å². The molecule has 0 aliphatic rings. The fraction of sp³-hybridized carbons (Fsp3) is 0.143. The minimum atomic E-state index is -0.214. The molecule has 2 nitrogen and oxygen atoms in total. The van der Waals surface area contributed by atoms with Gasteiger partial charge in [-0.25, -0.2) is 4.39 Å². The molecule has 19 heavy (non-hydrogen) atoms. The Hall–Kier alpha value is -0.500. The summed E-state index contributed by atoms with van der Waals surface area (Å²) in [6.07, 6.45) is 0.502. The van der Waals surface area contributed by atoms with E-state index in [1.807, 2.05) is 24.3 Å². The van der Waals surface area contributed by atoms with Crippen molar-refractivity contribution in [2.24, 2.45) is 5.84 Å². The molecule has 0 bridgehead atoms. The lowest BCUT2D eigenvalue weighted by Gasteiger charge is -2.17. The van der Waals surface area contributed by atoms with Crippen molar-refractivity contribution in [2.75, 3.05) is 0 Å². The zero-order valence-electron chi connectivity index (χ0n) is 10.0. The summed E-state index contributed by atoms with van der Waals surface area (Å²) in [7, 11) is 0. The summed E-state index contributed by atoms with van der Waals surface area (Å²) < 4.78 is 15.8. The van der Waals surface area contributed by atoms with E-state index in [1.54, 1.807) is 12.1 Å². The van der Waals surface area contributed by atoms with E-state index in [4.69, 9.17) is 5.84 Å². The van der Waals surface area contributed by atoms with Crippen molar-refractivity contribution in [3.05, 3.63) is 67.5 Å². The molecule has 0 fully saturated rings. The highest BCUT2D eigenvalue weighted by Crippen LogP contribution is 2.23. The van der Waals surface area contributed by atoms with Gasteiger partial charge in [0.05, 0.1) is 6.04 Å². The molecule has 5 heteroatoms. The van der Waals surface area contributed by atoms with E-state index in [2.05, 4.69) is 43.9 Å². The molecule has 0 heterocycles. The van der Waals surface area contributed by atoms with E-state index in [-0.39, 0.29) is 11.9 Å². The van der Waals surface area contributed by atoms with Crippen molar-refractivity contribution in [1.82, 2.24) is 5.43 Å². The highest BCUT2D eigenvalue weighted by atomic mass is 127. The van der Waals surface area contributed by atoms with Crippen molar-refractivity contribution in [2.45, 2.75) is 12.5 Å². The first kappa shape index (κ1) is 14.9. The van der Waals surface area contributed by atoms with Gasteiger partial charge in [-0.1, -0.05) is 28.1 Å². The van der Waals surface area contributed by atoms with E-state index in [9.17, 15) is 4.39 Å². The van der Waals surface area contributed by atoms with Gasteiger partial charge in [-0.15, -0.1) is 0 Å². The van der Waals surface area contributed by atoms with Gasteiger partial charge in [0.15, 0.2) is 0 Å². The zero-order chi connectivity index (χ0) is 13.8. The number of benzene rings is 2. The fourth-order valence-electron chi connectivity index (χ4n) is 1.89. The van der Waals surface area contributed by atoms with Crippen LogP contribution >= 0.6 is 38.5 Å². The van der Waals surface area contributed by atoms with Crippen LogP contribution in [0.3, 0.4) is 0 Å². The molecule has 100 valence electrons. The number of hydrogen-bond acceptors (Lipinski definition) is 2. The van der Waals surface area contributed by atoms with Gasteiger partial charge < -0.3 is 0 Å². The minimum Gasteiger partial charge on any atom is -0.271 e. The standard InChI is InChI=1S/C14H13BrFIN2/c15-11-3-6-13(16)10(7-11)8-14(19-18)9-1-4-12(17)5-2-9/h1-7,14,19H,8,18H2. The largest absolute Gasteiger partial charge is 0.271 e. The van der Waals surface area contributed by atoms with Crippen molar-refractivity contribution < 1.29 is 4.39 Å². The molecule has 2 rings (SSSR count). The van der Waals surface area contributed by atoms with Crippen molar-refractivity contribution >= 4 is 38.5 Å². The maximum Gasteiger partial charge on any atom is 0.126 e. The van der Waals surface area contributed by atoms with Gasteiger partial charge in [-0.05, 0) is 70.5 Å². The molecule has 1 atom stereocenters. The highest BCUT2D eigenvalue weighted by Gasteiger charge is 2.13. The maximum atomic E-state index is 13.8. The number of nitrogens with one attached hydrogen (secondary N) is 1. The Morgan fingerprint density at radius 1 is 1.21 bits per heavy atom. The lowest BCUT2D eigenvalue weighted by molar-refractivity contribution is 0.529. The molecule has 0 radical (unpaired) electrons. The Balaban J connectivity index is 2.23. The molecule has 2 aromatic rings. The van der Waals surface area contributed by atoms with Crippen LogP contribution in [-0.2, 0) is 6.42 Å².